The molecule has 0 fully saturated rings. The molecule has 0 saturated heterocycles. The molecule has 148 valence electrons. The lowest BCUT2D eigenvalue weighted by Gasteiger charge is -2.21. The summed E-state index contributed by atoms with van der Waals surface area (Å²) >= 11 is 0. The van der Waals surface area contributed by atoms with Crippen molar-refractivity contribution in [3.8, 4) is 11.5 Å². The first-order chi connectivity index (χ1) is 12.8. The molecule has 7 heteroatoms. The normalized spacial score (nSPS) is 11.6. The number of benzene rings is 1. The van der Waals surface area contributed by atoms with Crippen LogP contribution in [0, 0.1) is 13.8 Å². The van der Waals surface area contributed by atoms with Crippen molar-refractivity contribution in [2.75, 3.05) is 18.8 Å². The molecule has 0 radical (unpaired) electrons. The van der Waals surface area contributed by atoms with Gasteiger partial charge in [0.15, 0.2) is 9.84 Å². The summed E-state index contributed by atoms with van der Waals surface area (Å²) in [7, 11) is -3.63. The van der Waals surface area contributed by atoms with Crippen LogP contribution in [0.4, 0.5) is 0 Å². The number of nitrogens with zero attached hydrogens (tertiary/aromatic N) is 2. The number of rotatable bonds is 9. The van der Waals surface area contributed by atoms with Gasteiger partial charge < -0.3 is 9.32 Å². The lowest BCUT2D eigenvalue weighted by molar-refractivity contribution is -0.128. The molecule has 1 amide bonds. The average molecular weight is 393 g/mol. The van der Waals surface area contributed by atoms with Crippen LogP contribution in [0.3, 0.4) is 0 Å². The molecule has 0 unspecified atom stereocenters. The number of hydrogen-bond acceptors (Lipinski definition) is 5. The molecule has 0 atom stereocenters. The van der Waals surface area contributed by atoms with E-state index in [1.54, 1.807) is 11.8 Å². The summed E-state index contributed by atoms with van der Waals surface area (Å²) in [6.45, 7) is 8.76. The summed E-state index contributed by atoms with van der Waals surface area (Å²) in [5.41, 5.74) is 2.27. The minimum atomic E-state index is -3.63. The molecule has 27 heavy (non-hydrogen) atoms. The topological polar surface area (TPSA) is 80.5 Å². The van der Waals surface area contributed by atoms with Crippen molar-refractivity contribution in [2.45, 2.75) is 46.3 Å². The molecule has 2 aromatic rings. The van der Waals surface area contributed by atoms with Crippen molar-refractivity contribution in [3.05, 3.63) is 41.3 Å². The largest absolute Gasteiger partial charge is 0.441 e. The summed E-state index contributed by atoms with van der Waals surface area (Å²) in [6, 6.07) is 7.66. The van der Waals surface area contributed by atoms with E-state index in [4.69, 9.17) is 4.42 Å². The highest BCUT2D eigenvalue weighted by atomic mass is 32.2. The second-order valence-electron chi connectivity index (χ2n) is 6.80. The first-order valence-electron chi connectivity index (χ1n) is 9.27. The highest BCUT2D eigenvalue weighted by Crippen LogP contribution is 2.23. The first-order valence-corrected chi connectivity index (χ1v) is 11.1. The van der Waals surface area contributed by atoms with E-state index >= 15 is 0 Å². The lowest BCUT2D eigenvalue weighted by atomic mass is 10.1. The lowest BCUT2D eigenvalue weighted by Crippen LogP contribution is -2.37. The van der Waals surface area contributed by atoms with E-state index in [0.29, 0.717) is 30.4 Å². The van der Waals surface area contributed by atoms with Crippen LogP contribution < -0.4 is 0 Å². The second kappa shape index (κ2) is 9.17. The predicted octanol–water partition coefficient (Wildman–Crippen LogP) is 3.52. The van der Waals surface area contributed by atoms with Gasteiger partial charge in [0.05, 0.1) is 11.4 Å². The van der Waals surface area contributed by atoms with E-state index in [1.165, 1.54) is 0 Å². The van der Waals surface area contributed by atoms with Gasteiger partial charge in [-0.15, -0.1) is 0 Å². The Bertz CT molecular complexity index is 864. The highest BCUT2D eigenvalue weighted by Gasteiger charge is 2.24. The number of carbonyl (C=O) groups is 1. The van der Waals surface area contributed by atoms with Crippen molar-refractivity contribution in [1.29, 1.82) is 0 Å². The third-order valence-electron chi connectivity index (χ3n) is 4.23. The van der Waals surface area contributed by atoms with Crippen molar-refractivity contribution >= 4 is 15.7 Å². The zero-order valence-corrected chi connectivity index (χ0v) is 17.3. The number of oxazole rings is 1. The van der Waals surface area contributed by atoms with Crippen LogP contribution in [0.1, 0.15) is 43.7 Å². The number of amides is 1. The highest BCUT2D eigenvalue weighted by molar-refractivity contribution is 7.91. The quantitative estimate of drug-likeness (QED) is 0.652. The molecular weight excluding hydrogens is 364 g/mol. The monoisotopic (exact) mass is 392 g/mol. The Morgan fingerprint density at radius 1 is 1.07 bits per heavy atom. The summed E-state index contributed by atoms with van der Waals surface area (Å²) in [5.74, 6) is -0.299. The minimum Gasteiger partial charge on any atom is -0.441 e. The Balaban J connectivity index is 2.13. The number of aromatic nitrogens is 1. The third-order valence-corrected chi connectivity index (χ3v) is 5.63. The Hall–Kier alpha value is -2.15. The van der Waals surface area contributed by atoms with Crippen molar-refractivity contribution < 1.29 is 17.6 Å². The Morgan fingerprint density at radius 3 is 2.22 bits per heavy atom. The van der Waals surface area contributed by atoms with Gasteiger partial charge in [-0.1, -0.05) is 31.5 Å². The van der Waals surface area contributed by atoms with Gasteiger partial charge in [-0.3, -0.25) is 4.79 Å². The van der Waals surface area contributed by atoms with Gasteiger partial charge in [0.25, 0.3) is 0 Å². The molecule has 0 aliphatic rings. The molecule has 2 rings (SSSR count). The number of sulfone groups is 1. The fourth-order valence-electron chi connectivity index (χ4n) is 2.82. The van der Waals surface area contributed by atoms with Crippen LogP contribution in [0.25, 0.3) is 11.5 Å². The van der Waals surface area contributed by atoms with Crippen LogP contribution in [0.15, 0.2) is 28.7 Å². The molecule has 0 aliphatic heterocycles. The number of hydrogen-bond donors (Lipinski definition) is 0. The molecule has 6 nitrogen and oxygen atoms in total. The fourth-order valence-corrected chi connectivity index (χ4v) is 4.17. The summed E-state index contributed by atoms with van der Waals surface area (Å²) < 4.78 is 30.7. The maximum atomic E-state index is 12.5. The van der Waals surface area contributed by atoms with Gasteiger partial charge in [0.2, 0.25) is 11.8 Å². The molecule has 0 aliphatic carbocycles. The van der Waals surface area contributed by atoms with E-state index in [1.807, 2.05) is 45.0 Å². The smallest absolute Gasteiger partial charge is 0.237 e. The van der Waals surface area contributed by atoms with Crippen LogP contribution in [0.2, 0.25) is 0 Å². The van der Waals surface area contributed by atoms with Crippen LogP contribution in [-0.4, -0.2) is 43.1 Å². The van der Waals surface area contributed by atoms with Crippen LogP contribution in [0.5, 0.6) is 0 Å². The standard InChI is InChI=1S/C20H28N2O4S/c1-5-11-22(12-6-2)19(23)14-27(24,25)13-18-16(4)26-20(21-18)17-9-7-15(3)8-10-17/h7-10H,5-6,11-14H2,1-4H3. The van der Waals surface area contributed by atoms with Gasteiger partial charge >= 0.3 is 0 Å². The molecular formula is C20H28N2O4S. The van der Waals surface area contributed by atoms with Gasteiger partial charge in [-0.2, -0.15) is 0 Å². The van der Waals surface area contributed by atoms with E-state index in [-0.39, 0.29) is 11.7 Å². The molecule has 0 saturated carbocycles. The summed E-state index contributed by atoms with van der Waals surface area (Å²) in [6.07, 6.45) is 1.60. The Kier molecular flexibility index (Phi) is 7.18. The van der Waals surface area contributed by atoms with Gasteiger partial charge in [0.1, 0.15) is 11.5 Å². The van der Waals surface area contributed by atoms with Gasteiger partial charge in [-0.25, -0.2) is 13.4 Å². The predicted molar refractivity (Wildman–Crippen MR) is 106 cm³/mol. The van der Waals surface area contributed by atoms with Crippen molar-refractivity contribution in [1.82, 2.24) is 9.88 Å². The Labute approximate surface area is 161 Å². The molecule has 1 heterocycles. The fraction of sp³-hybridized carbons (Fsp3) is 0.500. The summed E-state index contributed by atoms with van der Waals surface area (Å²) in [5, 5.41) is 0. The van der Waals surface area contributed by atoms with Crippen molar-refractivity contribution in [3.63, 3.8) is 0 Å². The maximum absolute atomic E-state index is 12.5. The third kappa shape index (κ3) is 5.92. The SMILES string of the molecule is CCCN(CCC)C(=O)CS(=O)(=O)Cc1nc(-c2ccc(C)cc2)oc1C. The molecule has 0 spiro atoms. The summed E-state index contributed by atoms with van der Waals surface area (Å²) in [4.78, 5) is 18.3. The minimum absolute atomic E-state index is 0.300. The van der Waals surface area contributed by atoms with Crippen LogP contribution >= 0.6 is 0 Å². The van der Waals surface area contributed by atoms with Gasteiger partial charge in [-0.05, 0) is 38.8 Å². The van der Waals surface area contributed by atoms with E-state index in [2.05, 4.69) is 4.98 Å². The first kappa shape index (κ1) is 21.2. The second-order valence-corrected chi connectivity index (χ2v) is 8.87. The van der Waals surface area contributed by atoms with Crippen LogP contribution in [-0.2, 0) is 20.4 Å². The van der Waals surface area contributed by atoms with Crippen molar-refractivity contribution in [2.24, 2.45) is 0 Å². The maximum Gasteiger partial charge on any atom is 0.237 e. The molecule has 1 aromatic heterocycles. The molecule has 0 N–H and O–H groups in total. The average Bonchev–Trinajstić information content (AvgIpc) is 2.94. The Morgan fingerprint density at radius 2 is 1.67 bits per heavy atom. The number of aryl methyl sites for hydroxylation is 2. The van der Waals surface area contributed by atoms with E-state index in [0.717, 1.165) is 24.0 Å². The number of carbonyl (C=O) groups excluding carboxylic acids is 1. The van der Waals surface area contributed by atoms with E-state index < -0.39 is 15.6 Å². The molecule has 1 aromatic carbocycles. The zero-order valence-electron chi connectivity index (χ0n) is 16.5. The van der Waals surface area contributed by atoms with Gasteiger partial charge in [0, 0.05) is 18.7 Å². The zero-order chi connectivity index (χ0) is 20.0. The molecule has 0 bridgehead atoms. The van der Waals surface area contributed by atoms with E-state index in [9.17, 15) is 13.2 Å².